The molecule has 2 heterocycles. The Balaban J connectivity index is 1.78. The molecule has 2 nitrogen and oxygen atoms in total. The maximum Gasteiger partial charge on any atom is 0.0507 e. The topological polar surface area (TPSA) is 24.7 Å². The van der Waals surface area contributed by atoms with Crippen molar-refractivity contribution in [2.75, 3.05) is 0 Å². The van der Waals surface area contributed by atoms with Crippen LogP contribution in [-0.2, 0) is 0 Å². The molecule has 0 atom stereocenters. The first-order chi connectivity index (χ1) is 7.95. The first-order valence-corrected chi connectivity index (χ1v) is 8.84. The molecule has 0 N–H and O–H groups in total. The second-order valence-electron chi connectivity index (χ2n) is 2.63. The van der Waals surface area contributed by atoms with E-state index in [9.17, 15) is 0 Å². The molecule has 0 fully saturated rings. The number of allylic oxidation sites excluding steroid dienone is 4. The van der Waals surface area contributed by atoms with Gasteiger partial charge in [0.1, 0.15) is 0 Å². The van der Waals surface area contributed by atoms with Gasteiger partial charge in [0.25, 0.3) is 0 Å². The van der Waals surface area contributed by atoms with Crippen LogP contribution in [0, 0.1) is 0 Å². The zero-order chi connectivity index (χ0) is 11.1. The third kappa shape index (κ3) is 4.29. The standard InChI is InChI=1S/C10H8N2S4/c1(9-3-7-13-15-9)5-11-12-6-2-10-4-8-14-16-10/h1-8H/b9-1-,10-2-,11-5+,12-6+. The Morgan fingerprint density at radius 2 is 1.31 bits per heavy atom. The lowest BCUT2D eigenvalue weighted by atomic mass is 10.5. The van der Waals surface area contributed by atoms with Crippen molar-refractivity contribution in [2.45, 2.75) is 0 Å². The molecule has 0 saturated heterocycles. The Kier molecular flexibility index (Phi) is 5.41. The van der Waals surface area contributed by atoms with E-state index in [0.717, 1.165) is 0 Å². The van der Waals surface area contributed by atoms with E-state index in [1.54, 1.807) is 55.6 Å². The number of nitrogens with zero attached hydrogens (tertiary/aromatic N) is 2. The molecule has 0 radical (unpaired) electrons. The SMILES string of the molecule is C1=C/C(=C/C=N/N=C/C=C2/C=CSS2)SS1. The molecular formula is C10H8N2S4. The lowest BCUT2D eigenvalue weighted by molar-refractivity contribution is 1.27. The highest BCUT2D eigenvalue weighted by Crippen LogP contribution is 2.38. The Bertz CT molecular complexity index is 379. The van der Waals surface area contributed by atoms with Gasteiger partial charge >= 0.3 is 0 Å². The van der Waals surface area contributed by atoms with E-state index in [-0.39, 0.29) is 0 Å². The fraction of sp³-hybridized carbons (Fsp3) is 0. The smallest absolute Gasteiger partial charge is 0.0507 e. The Labute approximate surface area is 110 Å². The third-order valence-corrected chi connectivity index (χ3v) is 5.56. The lowest BCUT2D eigenvalue weighted by Gasteiger charge is -1.85. The van der Waals surface area contributed by atoms with Gasteiger partial charge in [0.05, 0.1) is 12.4 Å². The van der Waals surface area contributed by atoms with Crippen LogP contribution in [0.2, 0.25) is 0 Å². The van der Waals surface area contributed by atoms with Gasteiger partial charge in [-0.15, -0.1) is 0 Å². The van der Waals surface area contributed by atoms with E-state index >= 15 is 0 Å². The molecule has 2 rings (SSSR count). The predicted molar refractivity (Wildman–Crippen MR) is 81.8 cm³/mol. The van der Waals surface area contributed by atoms with E-state index < -0.39 is 0 Å². The molecule has 6 heteroatoms. The summed E-state index contributed by atoms with van der Waals surface area (Å²) in [7, 11) is 6.87. The van der Waals surface area contributed by atoms with Crippen LogP contribution in [-0.4, -0.2) is 12.4 Å². The molecule has 2 aliphatic heterocycles. The van der Waals surface area contributed by atoms with Gasteiger partial charge in [-0.1, -0.05) is 43.2 Å². The van der Waals surface area contributed by atoms with Gasteiger partial charge in [-0.05, 0) is 35.1 Å². The summed E-state index contributed by atoms with van der Waals surface area (Å²) in [6.07, 6.45) is 11.4. The fourth-order valence-corrected chi connectivity index (χ4v) is 4.26. The van der Waals surface area contributed by atoms with Crippen LogP contribution >= 0.6 is 43.2 Å². The van der Waals surface area contributed by atoms with E-state index in [2.05, 4.69) is 33.2 Å². The van der Waals surface area contributed by atoms with Crippen molar-refractivity contribution in [1.82, 2.24) is 0 Å². The monoisotopic (exact) mass is 284 g/mol. The summed E-state index contributed by atoms with van der Waals surface area (Å²) in [6.45, 7) is 0. The minimum atomic E-state index is 1.20. The molecule has 0 saturated carbocycles. The molecule has 82 valence electrons. The van der Waals surface area contributed by atoms with E-state index in [4.69, 9.17) is 0 Å². The van der Waals surface area contributed by atoms with Crippen LogP contribution in [0.15, 0.2) is 55.1 Å². The highest BCUT2D eigenvalue weighted by molar-refractivity contribution is 8.80. The summed E-state index contributed by atoms with van der Waals surface area (Å²) in [6, 6.07) is 0. The van der Waals surface area contributed by atoms with Crippen LogP contribution < -0.4 is 0 Å². The summed E-state index contributed by atoms with van der Waals surface area (Å²) in [4.78, 5) is 2.40. The van der Waals surface area contributed by atoms with Gasteiger partial charge < -0.3 is 0 Å². The zero-order valence-electron chi connectivity index (χ0n) is 8.15. The van der Waals surface area contributed by atoms with Crippen molar-refractivity contribution < 1.29 is 0 Å². The van der Waals surface area contributed by atoms with Crippen molar-refractivity contribution in [3.05, 3.63) is 44.9 Å². The van der Waals surface area contributed by atoms with Gasteiger partial charge in [0, 0.05) is 9.81 Å². The molecule has 0 aliphatic carbocycles. The second-order valence-corrected chi connectivity index (χ2v) is 6.99. The van der Waals surface area contributed by atoms with Crippen LogP contribution in [0.1, 0.15) is 0 Å². The maximum atomic E-state index is 3.92. The molecule has 16 heavy (non-hydrogen) atoms. The maximum absolute atomic E-state index is 3.92. The largest absolute Gasteiger partial charge is 0.159 e. The molecule has 0 aromatic heterocycles. The second kappa shape index (κ2) is 7.11. The van der Waals surface area contributed by atoms with E-state index in [1.165, 1.54) is 9.81 Å². The molecule has 0 bridgehead atoms. The van der Waals surface area contributed by atoms with Crippen molar-refractivity contribution in [1.29, 1.82) is 0 Å². The average molecular weight is 284 g/mol. The Hall–Kier alpha value is -0.300. The van der Waals surface area contributed by atoms with Crippen LogP contribution in [0.3, 0.4) is 0 Å². The molecule has 0 spiro atoms. The van der Waals surface area contributed by atoms with Crippen molar-refractivity contribution in [3.8, 4) is 0 Å². The number of rotatable bonds is 3. The van der Waals surface area contributed by atoms with Crippen LogP contribution in [0.5, 0.6) is 0 Å². The summed E-state index contributed by atoms with van der Waals surface area (Å²) >= 11 is 0. The molecule has 0 amide bonds. The first kappa shape index (κ1) is 12.2. The van der Waals surface area contributed by atoms with Crippen molar-refractivity contribution in [3.63, 3.8) is 0 Å². The highest BCUT2D eigenvalue weighted by Gasteiger charge is 1.98. The van der Waals surface area contributed by atoms with Crippen molar-refractivity contribution >= 4 is 55.6 Å². The average Bonchev–Trinajstić information content (AvgIpc) is 2.96. The lowest BCUT2D eigenvalue weighted by Crippen LogP contribution is -1.69. The molecule has 0 unspecified atom stereocenters. The fourth-order valence-electron chi connectivity index (χ4n) is 0.869. The number of hydrogen-bond donors (Lipinski definition) is 0. The van der Waals surface area contributed by atoms with E-state index in [1.807, 2.05) is 12.2 Å². The third-order valence-electron chi connectivity index (χ3n) is 1.54. The molecule has 0 aromatic carbocycles. The summed E-state index contributed by atoms with van der Waals surface area (Å²) in [5.74, 6) is 0. The Morgan fingerprint density at radius 1 is 0.812 bits per heavy atom. The van der Waals surface area contributed by atoms with Crippen molar-refractivity contribution in [2.24, 2.45) is 10.2 Å². The summed E-state index contributed by atoms with van der Waals surface area (Å²) in [5.41, 5.74) is 0. The van der Waals surface area contributed by atoms with E-state index in [0.29, 0.717) is 0 Å². The minimum absolute atomic E-state index is 1.20. The normalized spacial score (nSPS) is 25.0. The van der Waals surface area contributed by atoms with Gasteiger partial charge in [-0.3, -0.25) is 0 Å². The highest BCUT2D eigenvalue weighted by atomic mass is 33.1. The quantitative estimate of drug-likeness (QED) is 0.428. The molecule has 0 aromatic rings. The summed E-state index contributed by atoms with van der Waals surface area (Å²) in [5, 5.41) is 12.0. The van der Waals surface area contributed by atoms with Gasteiger partial charge in [-0.2, -0.15) is 10.2 Å². The van der Waals surface area contributed by atoms with Gasteiger partial charge in [-0.25, -0.2) is 0 Å². The predicted octanol–water partition coefficient (Wildman–Crippen LogP) is 4.63. The summed E-state index contributed by atoms with van der Waals surface area (Å²) < 4.78 is 0. The minimum Gasteiger partial charge on any atom is -0.159 e. The zero-order valence-corrected chi connectivity index (χ0v) is 11.4. The van der Waals surface area contributed by atoms with Crippen LogP contribution in [0.4, 0.5) is 0 Å². The van der Waals surface area contributed by atoms with Crippen LogP contribution in [0.25, 0.3) is 0 Å². The first-order valence-electron chi connectivity index (χ1n) is 4.42. The molecular weight excluding hydrogens is 276 g/mol. The Morgan fingerprint density at radius 3 is 1.69 bits per heavy atom. The number of hydrogen-bond acceptors (Lipinski definition) is 6. The van der Waals surface area contributed by atoms with Gasteiger partial charge in [0.2, 0.25) is 0 Å². The van der Waals surface area contributed by atoms with Gasteiger partial charge in [0.15, 0.2) is 0 Å². The molecule has 2 aliphatic rings.